The zero-order chi connectivity index (χ0) is 17.2. The molecule has 1 aromatic carbocycles. The minimum atomic E-state index is -0.395. The van der Waals surface area contributed by atoms with Gasteiger partial charge in [-0.15, -0.1) is 0 Å². The van der Waals surface area contributed by atoms with Crippen LogP contribution in [0, 0.1) is 0 Å². The molecule has 7 nitrogen and oxygen atoms in total. The summed E-state index contributed by atoms with van der Waals surface area (Å²) < 4.78 is 2.36. The molecule has 1 fully saturated rings. The molecule has 0 spiro atoms. The molecule has 0 saturated heterocycles. The first-order chi connectivity index (χ1) is 12.2. The van der Waals surface area contributed by atoms with Gasteiger partial charge in [-0.25, -0.2) is 4.79 Å². The van der Waals surface area contributed by atoms with Crippen LogP contribution in [-0.2, 0) is 11.3 Å². The first-order valence-electron chi connectivity index (χ1n) is 8.83. The highest BCUT2D eigenvalue weighted by molar-refractivity contribution is 5.78. The van der Waals surface area contributed by atoms with Crippen molar-refractivity contribution in [2.24, 2.45) is 0 Å². The fourth-order valence-electron chi connectivity index (χ4n) is 3.28. The van der Waals surface area contributed by atoms with Crippen molar-refractivity contribution in [3.63, 3.8) is 0 Å². The standard InChI is InChI=1S/C18H21N5O2/c24-17(22(15-11-12-15)14-7-3-1-4-8-14)13-21-18(25)23(20-19-21)16-9-5-2-6-10-16/h2,5-7,9-10,15H,1,3-4,8,11-13H2. The Morgan fingerprint density at radius 2 is 1.96 bits per heavy atom. The molecule has 25 heavy (non-hydrogen) atoms. The maximum Gasteiger partial charge on any atom is 0.368 e. The van der Waals surface area contributed by atoms with Crippen LogP contribution in [0.3, 0.4) is 0 Å². The Labute approximate surface area is 145 Å². The second kappa shape index (κ2) is 6.66. The lowest BCUT2D eigenvalue weighted by Gasteiger charge is -2.27. The molecule has 0 bridgehead atoms. The van der Waals surface area contributed by atoms with E-state index in [1.165, 1.54) is 11.1 Å². The average Bonchev–Trinajstić information content (AvgIpc) is 3.41. The van der Waals surface area contributed by atoms with Crippen LogP contribution in [0.15, 0.2) is 46.9 Å². The summed E-state index contributed by atoms with van der Waals surface area (Å²) in [5, 5.41) is 7.79. The van der Waals surface area contributed by atoms with Gasteiger partial charge in [-0.05, 0) is 61.1 Å². The summed E-state index contributed by atoms with van der Waals surface area (Å²) in [4.78, 5) is 27.2. The van der Waals surface area contributed by atoms with E-state index in [1.54, 1.807) is 12.1 Å². The zero-order valence-electron chi connectivity index (χ0n) is 14.0. The number of nitrogens with zero attached hydrogens (tertiary/aromatic N) is 5. The van der Waals surface area contributed by atoms with Crippen molar-refractivity contribution in [1.29, 1.82) is 0 Å². The average molecular weight is 339 g/mol. The summed E-state index contributed by atoms with van der Waals surface area (Å²) in [7, 11) is 0. The van der Waals surface area contributed by atoms with Gasteiger partial charge in [0.1, 0.15) is 6.54 Å². The van der Waals surface area contributed by atoms with Crippen LogP contribution in [-0.4, -0.2) is 36.6 Å². The van der Waals surface area contributed by atoms with Crippen LogP contribution in [0.2, 0.25) is 0 Å². The van der Waals surface area contributed by atoms with E-state index in [9.17, 15) is 9.59 Å². The van der Waals surface area contributed by atoms with Gasteiger partial charge in [0.2, 0.25) is 5.91 Å². The quantitative estimate of drug-likeness (QED) is 0.834. The van der Waals surface area contributed by atoms with Crippen molar-refractivity contribution in [2.75, 3.05) is 0 Å². The number of amides is 1. The normalized spacial score (nSPS) is 17.2. The van der Waals surface area contributed by atoms with Gasteiger partial charge in [0, 0.05) is 11.7 Å². The van der Waals surface area contributed by atoms with E-state index < -0.39 is 5.69 Å². The topological polar surface area (TPSA) is 73.0 Å². The highest BCUT2D eigenvalue weighted by Crippen LogP contribution is 2.33. The van der Waals surface area contributed by atoms with Crippen molar-refractivity contribution >= 4 is 5.91 Å². The van der Waals surface area contributed by atoms with E-state index in [0.717, 1.165) is 42.5 Å². The third kappa shape index (κ3) is 3.26. The van der Waals surface area contributed by atoms with Crippen LogP contribution in [0.1, 0.15) is 38.5 Å². The largest absolute Gasteiger partial charge is 0.368 e. The Hall–Kier alpha value is -2.70. The molecule has 130 valence electrons. The predicted molar refractivity (Wildman–Crippen MR) is 92.0 cm³/mol. The summed E-state index contributed by atoms with van der Waals surface area (Å²) in [6, 6.07) is 9.38. The number of rotatable bonds is 5. The van der Waals surface area contributed by atoms with Crippen molar-refractivity contribution in [3.05, 3.63) is 52.6 Å². The van der Waals surface area contributed by atoms with E-state index in [-0.39, 0.29) is 18.5 Å². The van der Waals surface area contributed by atoms with Crippen LogP contribution < -0.4 is 5.69 Å². The van der Waals surface area contributed by atoms with Crippen molar-refractivity contribution in [2.45, 2.75) is 51.1 Å². The first-order valence-corrected chi connectivity index (χ1v) is 8.83. The Morgan fingerprint density at radius 3 is 2.64 bits per heavy atom. The molecule has 7 heteroatoms. The Kier molecular flexibility index (Phi) is 4.21. The molecule has 4 rings (SSSR count). The molecule has 2 aliphatic rings. The number of hydrogen-bond donors (Lipinski definition) is 0. The molecular weight excluding hydrogens is 318 g/mol. The molecule has 0 aliphatic heterocycles. The van der Waals surface area contributed by atoms with Gasteiger partial charge in [0.25, 0.3) is 0 Å². The lowest BCUT2D eigenvalue weighted by atomic mass is 10.0. The number of carbonyl (C=O) groups excluding carboxylic acids is 1. The second-order valence-electron chi connectivity index (χ2n) is 6.60. The molecule has 2 aliphatic carbocycles. The number of para-hydroxylation sites is 1. The molecule has 0 atom stereocenters. The third-order valence-corrected chi connectivity index (χ3v) is 4.68. The first kappa shape index (κ1) is 15.8. The van der Waals surface area contributed by atoms with Gasteiger partial charge in [0.15, 0.2) is 0 Å². The van der Waals surface area contributed by atoms with Crippen molar-refractivity contribution < 1.29 is 4.79 Å². The molecule has 0 radical (unpaired) electrons. The van der Waals surface area contributed by atoms with E-state index in [1.807, 2.05) is 23.1 Å². The molecule has 1 saturated carbocycles. The Balaban J connectivity index is 1.55. The summed E-state index contributed by atoms with van der Waals surface area (Å²) in [6.07, 6.45) is 8.50. The van der Waals surface area contributed by atoms with Crippen LogP contribution in [0.5, 0.6) is 0 Å². The monoisotopic (exact) mass is 339 g/mol. The maximum atomic E-state index is 12.8. The van der Waals surface area contributed by atoms with Crippen LogP contribution >= 0.6 is 0 Å². The predicted octanol–water partition coefficient (Wildman–Crippen LogP) is 1.88. The summed E-state index contributed by atoms with van der Waals surface area (Å²) in [5.41, 5.74) is 1.36. The smallest absolute Gasteiger partial charge is 0.312 e. The fourth-order valence-corrected chi connectivity index (χ4v) is 3.28. The van der Waals surface area contributed by atoms with Gasteiger partial charge in [-0.1, -0.05) is 24.3 Å². The fraction of sp³-hybridized carbons (Fsp3) is 0.444. The molecule has 0 unspecified atom stereocenters. The zero-order valence-corrected chi connectivity index (χ0v) is 14.0. The molecule has 1 heterocycles. The Morgan fingerprint density at radius 1 is 1.16 bits per heavy atom. The number of aromatic nitrogens is 4. The molecular formula is C18H21N5O2. The van der Waals surface area contributed by atoms with Gasteiger partial charge < -0.3 is 4.90 Å². The number of allylic oxidation sites excluding steroid dienone is 2. The van der Waals surface area contributed by atoms with Gasteiger partial charge in [-0.3, -0.25) is 4.79 Å². The van der Waals surface area contributed by atoms with Crippen LogP contribution in [0.4, 0.5) is 0 Å². The van der Waals surface area contributed by atoms with Crippen molar-refractivity contribution in [1.82, 2.24) is 24.7 Å². The minimum absolute atomic E-state index is 0.0699. The number of carbonyl (C=O) groups is 1. The Bertz CT molecular complexity index is 848. The third-order valence-electron chi connectivity index (χ3n) is 4.68. The van der Waals surface area contributed by atoms with E-state index in [4.69, 9.17) is 0 Å². The van der Waals surface area contributed by atoms with Crippen LogP contribution in [0.25, 0.3) is 5.69 Å². The van der Waals surface area contributed by atoms with Gasteiger partial charge in [-0.2, -0.15) is 9.36 Å². The molecule has 1 amide bonds. The lowest BCUT2D eigenvalue weighted by Crippen LogP contribution is -2.38. The van der Waals surface area contributed by atoms with E-state index in [2.05, 4.69) is 16.5 Å². The van der Waals surface area contributed by atoms with Gasteiger partial charge in [0.05, 0.1) is 5.69 Å². The highest BCUT2D eigenvalue weighted by atomic mass is 16.2. The maximum absolute atomic E-state index is 12.8. The lowest BCUT2D eigenvalue weighted by molar-refractivity contribution is -0.130. The highest BCUT2D eigenvalue weighted by Gasteiger charge is 2.35. The molecule has 1 aromatic heterocycles. The number of tetrazole rings is 1. The number of benzene rings is 1. The second-order valence-corrected chi connectivity index (χ2v) is 6.60. The summed E-state index contributed by atoms with van der Waals surface area (Å²) in [6.45, 7) is -0.0699. The van der Waals surface area contributed by atoms with E-state index in [0.29, 0.717) is 5.69 Å². The van der Waals surface area contributed by atoms with E-state index >= 15 is 0 Å². The summed E-state index contributed by atoms with van der Waals surface area (Å²) >= 11 is 0. The van der Waals surface area contributed by atoms with Crippen molar-refractivity contribution in [3.8, 4) is 5.69 Å². The SMILES string of the molecule is O=C(Cn1nnn(-c2ccccc2)c1=O)N(C1=CCCCC1)C1CC1. The summed E-state index contributed by atoms with van der Waals surface area (Å²) in [5.74, 6) is -0.0714. The molecule has 0 N–H and O–H groups in total. The molecule has 2 aromatic rings. The number of hydrogen-bond acceptors (Lipinski definition) is 4. The van der Waals surface area contributed by atoms with Gasteiger partial charge >= 0.3 is 5.69 Å². The minimum Gasteiger partial charge on any atom is -0.312 e.